The van der Waals surface area contributed by atoms with Crippen LogP contribution in [0.5, 0.6) is 0 Å². The summed E-state index contributed by atoms with van der Waals surface area (Å²) in [5, 5.41) is 0. The number of rotatable bonds is 8. The predicted molar refractivity (Wildman–Crippen MR) is 78.7 cm³/mol. The van der Waals surface area contributed by atoms with Gasteiger partial charge in [0.15, 0.2) is 0 Å². The zero-order valence-electron chi connectivity index (χ0n) is 12.5. The van der Waals surface area contributed by atoms with Crippen molar-refractivity contribution in [3.05, 3.63) is 0 Å². The van der Waals surface area contributed by atoms with E-state index in [2.05, 4.69) is 18.7 Å². The molecule has 0 aromatic carbocycles. The van der Waals surface area contributed by atoms with Gasteiger partial charge in [0.2, 0.25) is 0 Å². The summed E-state index contributed by atoms with van der Waals surface area (Å²) in [5.74, 6) is 0. The van der Waals surface area contributed by atoms with Crippen LogP contribution >= 0.6 is 0 Å². The molecule has 2 rings (SSSR count). The summed E-state index contributed by atoms with van der Waals surface area (Å²) < 4.78 is 0. The lowest BCUT2D eigenvalue weighted by molar-refractivity contribution is 0.209. The molecule has 1 aliphatic heterocycles. The highest BCUT2D eigenvalue weighted by atomic mass is 15.2. The zero-order valence-corrected chi connectivity index (χ0v) is 12.5. The molecule has 1 saturated heterocycles. The van der Waals surface area contributed by atoms with E-state index in [9.17, 15) is 0 Å². The van der Waals surface area contributed by atoms with E-state index >= 15 is 0 Å². The maximum absolute atomic E-state index is 6.31. The van der Waals surface area contributed by atoms with Crippen LogP contribution in [0.15, 0.2) is 0 Å². The molecule has 106 valence electrons. The molecule has 1 unspecified atom stereocenters. The van der Waals surface area contributed by atoms with Crippen molar-refractivity contribution >= 4 is 0 Å². The highest BCUT2D eigenvalue weighted by molar-refractivity contribution is 5.09. The minimum Gasteiger partial charge on any atom is -0.326 e. The summed E-state index contributed by atoms with van der Waals surface area (Å²) in [7, 11) is 0. The van der Waals surface area contributed by atoms with E-state index < -0.39 is 0 Å². The first-order chi connectivity index (χ1) is 8.72. The predicted octanol–water partition coefficient (Wildman–Crippen LogP) is 3.55. The van der Waals surface area contributed by atoms with Gasteiger partial charge < -0.3 is 5.73 Å². The maximum Gasteiger partial charge on any atom is 0.0237 e. The van der Waals surface area contributed by atoms with Crippen LogP contribution in [-0.4, -0.2) is 30.1 Å². The van der Waals surface area contributed by atoms with Gasteiger partial charge in [0.1, 0.15) is 0 Å². The van der Waals surface area contributed by atoms with Crippen LogP contribution < -0.4 is 5.73 Å². The van der Waals surface area contributed by atoms with E-state index in [1.54, 1.807) is 0 Å². The average molecular weight is 252 g/mol. The number of nitrogens with two attached hydrogens (primary N) is 1. The Morgan fingerprint density at radius 1 is 1.17 bits per heavy atom. The number of nitrogens with zero attached hydrogens (tertiary/aromatic N) is 1. The minimum absolute atomic E-state index is 0.464. The molecule has 0 aromatic rings. The normalized spacial score (nSPS) is 27.8. The summed E-state index contributed by atoms with van der Waals surface area (Å²) in [4.78, 5) is 2.71. The van der Waals surface area contributed by atoms with Crippen molar-refractivity contribution < 1.29 is 0 Å². The molecule has 2 heteroatoms. The SMILES string of the molecule is CCCCCCCC(CC)N1C[C@H](N)C2(CC2)C1. The second kappa shape index (κ2) is 6.38. The van der Waals surface area contributed by atoms with Crippen molar-refractivity contribution in [1.82, 2.24) is 4.90 Å². The van der Waals surface area contributed by atoms with E-state index in [4.69, 9.17) is 5.73 Å². The first kappa shape index (κ1) is 14.3. The van der Waals surface area contributed by atoms with Gasteiger partial charge in [0.05, 0.1) is 0 Å². The van der Waals surface area contributed by atoms with Gasteiger partial charge in [-0.2, -0.15) is 0 Å². The van der Waals surface area contributed by atoms with Gasteiger partial charge in [-0.15, -0.1) is 0 Å². The fourth-order valence-electron chi connectivity index (χ4n) is 3.63. The monoisotopic (exact) mass is 252 g/mol. The van der Waals surface area contributed by atoms with Gasteiger partial charge in [0.25, 0.3) is 0 Å². The molecular formula is C16H32N2. The van der Waals surface area contributed by atoms with E-state index in [-0.39, 0.29) is 0 Å². The molecule has 1 spiro atoms. The third-order valence-corrected chi connectivity index (χ3v) is 5.26. The molecule has 0 radical (unpaired) electrons. The molecule has 2 aliphatic rings. The summed E-state index contributed by atoms with van der Waals surface area (Å²) in [5.41, 5.74) is 6.86. The summed E-state index contributed by atoms with van der Waals surface area (Å²) in [6.07, 6.45) is 12.5. The van der Waals surface area contributed by atoms with Crippen LogP contribution in [0.4, 0.5) is 0 Å². The van der Waals surface area contributed by atoms with Crippen LogP contribution in [-0.2, 0) is 0 Å². The second-order valence-electron chi connectivity index (χ2n) is 6.66. The topological polar surface area (TPSA) is 29.3 Å². The molecule has 2 fully saturated rings. The average Bonchev–Trinajstić information content (AvgIpc) is 3.06. The summed E-state index contributed by atoms with van der Waals surface area (Å²) >= 11 is 0. The fourth-order valence-corrected chi connectivity index (χ4v) is 3.63. The van der Waals surface area contributed by atoms with Crippen molar-refractivity contribution in [2.75, 3.05) is 13.1 Å². The molecule has 18 heavy (non-hydrogen) atoms. The van der Waals surface area contributed by atoms with Crippen molar-refractivity contribution in [2.45, 2.75) is 83.7 Å². The number of unbranched alkanes of at least 4 members (excludes halogenated alkanes) is 4. The Hall–Kier alpha value is -0.0800. The van der Waals surface area contributed by atoms with Gasteiger partial charge in [-0.1, -0.05) is 46.0 Å². The molecular weight excluding hydrogens is 220 g/mol. The first-order valence-electron chi connectivity index (χ1n) is 8.21. The highest BCUT2D eigenvalue weighted by Gasteiger charge is 2.54. The van der Waals surface area contributed by atoms with Crippen molar-refractivity contribution in [1.29, 1.82) is 0 Å². The van der Waals surface area contributed by atoms with Gasteiger partial charge in [-0.05, 0) is 31.1 Å². The second-order valence-corrected chi connectivity index (χ2v) is 6.66. The molecule has 2 N–H and O–H groups in total. The minimum atomic E-state index is 0.464. The fraction of sp³-hybridized carbons (Fsp3) is 1.00. The van der Waals surface area contributed by atoms with E-state index in [1.165, 1.54) is 64.3 Å². The summed E-state index contributed by atoms with van der Waals surface area (Å²) in [6.45, 7) is 7.09. The standard InChI is InChI=1S/C16H32N2/c1-3-5-6-7-8-9-14(4-2)18-12-15(17)16(13-18)10-11-16/h14-15H,3-13,17H2,1-2H3/t14?,15-/m0/s1. The Labute approximate surface area is 113 Å². The number of hydrogen-bond donors (Lipinski definition) is 1. The Kier molecular flexibility index (Phi) is 5.08. The lowest BCUT2D eigenvalue weighted by Gasteiger charge is -2.27. The third kappa shape index (κ3) is 3.27. The third-order valence-electron chi connectivity index (χ3n) is 5.26. The first-order valence-corrected chi connectivity index (χ1v) is 8.21. The quantitative estimate of drug-likeness (QED) is 0.669. The molecule has 0 aromatic heterocycles. The Balaban J connectivity index is 1.69. The number of likely N-dealkylation sites (tertiary alicyclic amines) is 1. The molecule has 0 bridgehead atoms. The van der Waals surface area contributed by atoms with Gasteiger partial charge in [0, 0.05) is 25.2 Å². The van der Waals surface area contributed by atoms with Crippen LogP contribution in [0.2, 0.25) is 0 Å². The molecule has 2 atom stereocenters. The van der Waals surface area contributed by atoms with Gasteiger partial charge >= 0.3 is 0 Å². The number of hydrogen-bond acceptors (Lipinski definition) is 2. The van der Waals surface area contributed by atoms with Crippen molar-refractivity contribution in [3.8, 4) is 0 Å². The Morgan fingerprint density at radius 2 is 1.89 bits per heavy atom. The molecule has 1 heterocycles. The summed E-state index contributed by atoms with van der Waals surface area (Å²) in [6, 6.07) is 1.27. The largest absolute Gasteiger partial charge is 0.326 e. The van der Waals surface area contributed by atoms with Crippen LogP contribution in [0.1, 0.15) is 71.6 Å². The molecule has 0 amide bonds. The van der Waals surface area contributed by atoms with Gasteiger partial charge in [-0.3, -0.25) is 4.90 Å². The highest BCUT2D eigenvalue weighted by Crippen LogP contribution is 2.52. The van der Waals surface area contributed by atoms with Crippen LogP contribution in [0.3, 0.4) is 0 Å². The van der Waals surface area contributed by atoms with Crippen molar-refractivity contribution in [3.63, 3.8) is 0 Å². The van der Waals surface area contributed by atoms with Crippen molar-refractivity contribution in [2.24, 2.45) is 11.1 Å². The zero-order chi connectivity index (χ0) is 13.0. The Bertz CT molecular complexity index is 247. The lowest BCUT2D eigenvalue weighted by atomic mass is 10.0. The molecule has 1 aliphatic carbocycles. The van der Waals surface area contributed by atoms with Gasteiger partial charge in [-0.25, -0.2) is 0 Å². The lowest BCUT2D eigenvalue weighted by Crippen LogP contribution is -2.35. The molecule has 1 saturated carbocycles. The van der Waals surface area contributed by atoms with E-state index in [1.807, 2.05) is 0 Å². The maximum atomic E-state index is 6.31. The Morgan fingerprint density at radius 3 is 2.44 bits per heavy atom. The van der Waals surface area contributed by atoms with Crippen LogP contribution in [0.25, 0.3) is 0 Å². The smallest absolute Gasteiger partial charge is 0.0237 e. The van der Waals surface area contributed by atoms with E-state index in [0.29, 0.717) is 11.5 Å². The molecule has 2 nitrogen and oxygen atoms in total. The van der Waals surface area contributed by atoms with Crippen LogP contribution in [0, 0.1) is 5.41 Å². The van der Waals surface area contributed by atoms with E-state index in [0.717, 1.165) is 12.6 Å².